The molecular formula is C13H20N2O. The molecule has 1 aromatic rings. The fourth-order valence-corrected chi connectivity index (χ4v) is 1.63. The predicted molar refractivity (Wildman–Crippen MR) is 67.2 cm³/mol. The highest BCUT2D eigenvalue weighted by molar-refractivity contribution is 5.77. The maximum Gasteiger partial charge on any atom is 0.123 e. The molecule has 0 aliphatic rings. The van der Waals surface area contributed by atoms with Crippen LogP contribution in [0.5, 0.6) is 5.75 Å². The molecule has 1 rings (SSSR count). The molecule has 0 bridgehead atoms. The summed E-state index contributed by atoms with van der Waals surface area (Å²) >= 11 is 0. The van der Waals surface area contributed by atoms with E-state index in [1.807, 2.05) is 25.1 Å². The van der Waals surface area contributed by atoms with Crippen molar-refractivity contribution in [1.29, 1.82) is 5.41 Å². The average molecular weight is 220 g/mol. The van der Waals surface area contributed by atoms with Crippen LogP contribution in [0.1, 0.15) is 38.7 Å². The molecule has 0 heterocycles. The highest BCUT2D eigenvalue weighted by Gasteiger charge is 2.10. The second-order valence-corrected chi connectivity index (χ2v) is 4.35. The molecule has 16 heavy (non-hydrogen) atoms. The van der Waals surface area contributed by atoms with E-state index in [2.05, 4.69) is 19.9 Å². The quantitative estimate of drug-likeness (QED) is 0.592. The van der Waals surface area contributed by atoms with E-state index in [-0.39, 0.29) is 11.9 Å². The van der Waals surface area contributed by atoms with Crippen molar-refractivity contribution in [2.24, 2.45) is 5.73 Å². The highest BCUT2D eigenvalue weighted by Crippen LogP contribution is 2.26. The number of para-hydroxylation sites is 1. The Morgan fingerprint density at radius 2 is 1.94 bits per heavy atom. The van der Waals surface area contributed by atoms with Crippen LogP contribution >= 0.6 is 0 Å². The Morgan fingerprint density at radius 3 is 2.50 bits per heavy atom. The minimum Gasteiger partial charge on any atom is -0.490 e. The number of hydrogen-bond acceptors (Lipinski definition) is 2. The summed E-state index contributed by atoms with van der Waals surface area (Å²) in [6.07, 6.45) is 0.407. The van der Waals surface area contributed by atoms with Crippen LogP contribution in [0.4, 0.5) is 0 Å². The van der Waals surface area contributed by atoms with Gasteiger partial charge in [-0.1, -0.05) is 32.0 Å². The lowest BCUT2D eigenvalue weighted by molar-refractivity contribution is 0.226. The molecule has 3 heteroatoms. The molecule has 1 atom stereocenters. The highest BCUT2D eigenvalue weighted by atomic mass is 16.5. The number of ether oxygens (including phenoxy) is 1. The van der Waals surface area contributed by atoms with E-state index in [9.17, 15) is 0 Å². The lowest BCUT2D eigenvalue weighted by Crippen LogP contribution is -2.22. The average Bonchev–Trinajstić information content (AvgIpc) is 2.16. The molecule has 0 spiro atoms. The van der Waals surface area contributed by atoms with Crippen LogP contribution in [0.25, 0.3) is 0 Å². The molecule has 0 aliphatic heterocycles. The first-order valence-corrected chi connectivity index (χ1v) is 5.59. The molecule has 0 amide bonds. The molecule has 0 fully saturated rings. The fraction of sp³-hybridized carbons (Fsp3) is 0.462. The predicted octanol–water partition coefficient (Wildman–Crippen LogP) is 2.90. The number of nitrogens with two attached hydrogens (primary N) is 1. The first kappa shape index (κ1) is 12.6. The van der Waals surface area contributed by atoms with Gasteiger partial charge >= 0.3 is 0 Å². The van der Waals surface area contributed by atoms with Crippen LogP contribution in [0.2, 0.25) is 0 Å². The Morgan fingerprint density at radius 1 is 1.31 bits per heavy atom. The third-order valence-electron chi connectivity index (χ3n) is 2.38. The standard InChI is InChI=1S/C13H20N2O/c1-9(2)11-6-4-5-7-12(11)16-10(3)8-13(14)15/h4-7,9-10H,8H2,1-3H3,(H3,14,15). The maximum atomic E-state index is 7.23. The first-order valence-electron chi connectivity index (χ1n) is 5.59. The van der Waals surface area contributed by atoms with E-state index < -0.39 is 0 Å². The van der Waals surface area contributed by atoms with Gasteiger partial charge in [0.05, 0.1) is 5.84 Å². The minimum atomic E-state index is -0.0580. The Labute approximate surface area is 97.1 Å². The van der Waals surface area contributed by atoms with Gasteiger partial charge in [-0.05, 0) is 24.5 Å². The third-order valence-corrected chi connectivity index (χ3v) is 2.38. The zero-order valence-corrected chi connectivity index (χ0v) is 10.2. The number of amidine groups is 1. The maximum absolute atomic E-state index is 7.23. The van der Waals surface area contributed by atoms with Gasteiger partial charge in [0.2, 0.25) is 0 Å². The first-order chi connectivity index (χ1) is 7.50. The Bertz CT molecular complexity index is 361. The van der Waals surface area contributed by atoms with Crippen molar-refractivity contribution in [1.82, 2.24) is 0 Å². The zero-order valence-electron chi connectivity index (χ0n) is 10.2. The van der Waals surface area contributed by atoms with Crippen molar-refractivity contribution in [2.75, 3.05) is 0 Å². The molecule has 0 saturated heterocycles. The van der Waals surface area contributed by atoms with Crippen LogP contribution < -0.4 is 10.5 Å². The summed E-state index contributed by atoms with van der Waals surface area (Å²) in [5, 5.41) is 7.23. The number of nitrogens with one attached hydrogen (secondary N) is 1. The SMILES string of the molecule is CC(CC(=N)N)Oc1ccccc1C(C)C. The smallest absolute Gasteiger partial charge is 0.123 e. The summed E-state index contributed by atoms with van der Waals surface area (Å²) in [7, 11) is 0. The summed E-state index contributed by atoms with van der Waals surface area (Å²) in [5.41, 5.74) is 6.54. The molecule has 0 radical (unpaired) electrons. The molecule has 1 aromatic carbocycles. The number of hydrogen-bond donors (Lipinski definition) is 2. The summed E-state index contributed by atoms with van der Waals surface area (Å²) in [6.45, 7) is 6.20. The van der Waals surface area contributed by atoms with Crippen molar-refractivity contribution in [2.45, 2.75) is 39.2 Å². The second kappa shape index (κ2) is 5.54. The van der Waals surface area contributed by atoms with E-state index >= 15 is 0 Å². The zero-order chi connectivity index (χ0) is 12.1. The van der Waals surface area contributed by atoms with E-state index in [0.717, 1.165) is 5.75 Å². The lowest BCUT2D eigenvalue weighted by Gasteiger charge is -2.18. The molecule has 1 unspecified atom stereocenters. The summed E-state index contributed by atoms with van der Waals surface area (Å²) in [4.78, 5) is 0. The van der Waals surface area contributed by atoms with Gasteiger partial charge in [0.1, 0.15) is 11.9 Å². The van der Waals surface area contributed by atoms with Crippen molar-refractivity contribution in [3.8, 4) is 5.75 Å². The molecule has 0 saturated carbocycles. The van der Waals surface area contributed by atoms with Crippen molar-refractivity contribution >= 4 is 5.84 Å². The second-order valence-electron chi connectivity index (χ2n) is 4.35. The van der Waals surface area contributed by atoms with Crippen LogP contribution in [-0.4, -0.2) is 11.9 Å². The molecule has 3 N–H and O–H groups in total. The summed E-state index contributed by atoms with van der Waals surface area (Å²) < 4.78 is 5.80. The molecule has 3 nitrogen and oxygen atoms in total. The molecule has 0 aliphatic carbocycles. The van der Waals surface area contributed by atoms with Gasteiger partial charge < -0.3 is 10.5 Å². The third kappa shape index (κ3) is 3.57. The Balaban J connectivity index is 2.76. The van der Waals surface area contributed by atoms with Crippen molar-refractivity contribution in [3.05, 3.63) is 29.8 Å². The molecular weight excluding hydrogens is 200 g/mol. The van der Waals surface area contributed by atoms with Gasteiger partial charge in [-0.25, -0.2) is 0 Å². The largest absolute Gasteiger partial charge is 0.490 e. The van der Waals surface area contributed by atoms with E-state index in [1.165, 1.54) is 5.56 Å². The van der Waals surface area contributed by atoms with Gasteiger partial charge in [0, 0.05) is 6.42 Å². The number of benzene rings is 1. The van der Waals surface area contributed by atoms with Gasteiger partial charge in [-0.3, -0.25) is 5.41 Å². The van der Waals surface area contributed by atoms with Crippen molar-refractivity contribution < 1.29 is 4.74 Å². The van der Waals surface area contributed by atoms with Gasteiger partial charge in [-0.15, -0.1) is 0 Å². The summed E-state index contributed by atoms with van der Waals surface area (Å²) in [5.74, 6) is 1.49. The fourth-order valence-electron chi connectivity index (χ4n) is 1.63. The monoisotopic (exact) mass is 220 g/mol. The van der Waals surface area contributed by atoms with Crippen molar-refractivity contribution in [3.63, 3.8) is 0 Å². The van der Waals surface area contributed by atoms with Crippen LogP contribution in [-0.2, 0) is 0 Å². The van der Waals surface area contributed by atoms with Gasteiger partial charge in [0.15, 0.2) is 0 Å². The van der Waals surface area contributed by atoms with Crippen LogP contribution in [0.3, 0.4) is 0 Å². The van der Waals surface area contributed by atoms with E-state index in [4.69, 9.17) is 15.9 Å². The topological polar surface area (TPSA) is 59.1 Å². The Hall–Kier alpha value is -1.51. The molecule has 0 aromatic heterocycles. The lowest BCUT2D eigenvalue weighted by atomic mass is 10.0. The van der Waals surface area contributed by atoms with E-state index in [1.54, 1.807) is 0 Å². The van der Waals surface area contributed by atoms with Crippen LogP contribution in [0.15, 0.2) is 24.3 Å². The van der Waals surface area contributed by atoms with Gasteiger partial charge in [-0.2, -0.15) is 0 Å². The minimum absolute atomic E-state index is 0.0580. The van der Waals surface area contributed by atoms with Crippen LogP contribution in [0, 0.1) is 5.41 Å². The van der Waals surface area contributed by atoms with E-state index in [0.29, 0.717) is 12.3 Å². The van der Waals surface area contributed by atoms with Gasteiger partial charge in [0.25, 0.3) is 0 Å². The summed E-state index contributed by atoms with van der Waals surface area (Å²) in [6, 6.07) is 8.01. The number of rotatable bonds is 5. The molecule has 88 valence electrons. The Kier molecular flexibility index (Phi) is 4.35. The normalized spacial score (nSPS) is 12.5.